The quantitative estimate of drug-likeness (QED) is 0.266. The van der Waals surface area contributed by atoms with Crippen LogP contribution in [-0.2, 0) is 4.79 Å². The Labute approximate surface area is 222 Å². The summed E-state index contributed by atoms with van der Waals surface area (Å²) in [4.78, 5) is 14.0. The van der Waals surface area contributed by atoms with E-state index in [2.05, 4.69) is 10.8 Å². The molecule has 1 saturated carbocycles. The lowest BCUT2D eigenvalue weighted by atomic mass is 9.95. The predicted molar refractivity (Wildman–Crippen MR) is 140 cm³/mol. The fraction of sp³-hybridized carbons (Fsp3) is 0.407. The number of hydrogen-bond donors (Lipinski definition) is 1. The van der Waals surface area contributed by atoms with Crippen molar-refractivity contribution in [3.63, 3.8) is 0 Å². The number of benzene rings is 2. The van der Waals surface area contributed by atoms with Gasteiger partial charge in [-0.1, -0.05) is 13.0 Å². The molecule has 10 heteroatoms. The SMILES string of the molecule is Cc1cc(SCC2=CCC(C)C(c3ccc(OC(F)(F)F)cc3)=NS2)ccc1OC1(C(=O)O)CCCC1. The molecule has 2 aromatic rings. The van der Waals surface area contributed by atoms with Crippen molar-refractivity contribution in [3.05, 3.63) is 64.6 Å². The van der Waals surface area contributed by atoms with Gasteiger partial charge >= 0.3 is 12.3 Å². The van der Waals surface area contributed by atoms with Crippen LogP contribution in [0, 0.1) is 12.8 Å². The molecule has 1 aliphatic carbocycles. The average Bonchev–Trinajstić information content (AvgIpc) is 3.24. The summed E-state index contributed by atoms with van der Waals surface area (Å²) in [6, 6.07) is 11.6. The third kappa shape index (κ3) is 7.04. The third-order valence-corrected chi connectivity index (χ3v) is 8.50. The first-order valence-corrected chi connectivity index (χ1v) is 13.8. The standard InChI is InChI=1S/C27H28F3NO4S2/c1-17-5-10-22(37-31-24(17)19-6-8-20(9-7-19)34-27(28,29)30)16-36-21-11-12-23(18(2)15-21)35-26(25(32)33)13-3-4-14-26/h6-12,15,17H,3-5,13-14,16H2,1-2H3,(H,32,33). The van der Waals surface area contributed by atoms with E-state index in [9.17, 15) is 23.1 Å². The second-order valence-corrected chi connectivity index (χ2v) is 11.2. The first-order valence-electron chi connectivity index (χ1n) is 12.0. The Morgan fingerprint density at radius 1 is 1.19 bits per heavy atom. The van der Waals surface area contributed by atoms with Crippen molar-refractivity contribution in [2.75, 3.05) is 5.75 Å². The molecule has 0 bridgehead atoms. The number of carbonyl (C=O) groups is 1. The largest absolute Gasteiger partial charge is 0.573 e. The van der Waals surface area contributed by atoms with Crippen LogP contribution in [0.5, 0.6) is 11.5 Å². The molecule has 0 saturated heterocycles. The summed E-state index contributed by atoms with van der Waals surface area (Å²) in [6.07, 6.45) is 0.960. The third-order valence-electron chi connectivity index (χ3n) is 6.44. The Hall–Kier alpha value is -2.59. The van der Waals surface area contributed by atoms with Gasteiger partial charge in [0, 0.05) is 33.4 Å². The Bertz CT molecular complexity index is 1190. The van der Waals surface area contributed by atoms with E-state index in [-0.39, 0.29) is 11.7 Å². The molecule has 2 aromatic carbocycles. The normalized spacial score (nSPS) is 19.5. The first-order chi connectivity index (χ1) is 17.5. The predicted octanol–water partition coefficient (Wildman–Crippen LogP) is 7.82. The van der Waals surface area contributed by atoms with Crippen molar-refractivity contribution < 1.29 is 32.5 Å². The van der Waals surface area contributed by atoms with E-state index in [1.807, 2.05) is 32.0 Å². The number of thioether (sulfide) groups is 1. The highest BCUT2D eigenvalue weighted by Crippen LogP contribution is 2.38. The van der Waals surface area contributed by atoms with E-state index in [1.165, 1.54) is 24.1 Å². The molecular weight excluding hydrogens is 523 g/mol. The summed E-state index contributed by atoms with van der Waals surface area (Å²) in [6.45, 7) is 3.97. The van der Waals surface area contributed by atoms with Crippen molar-refractivity contribution in [3.8, 4) is 11.5 Å². The van der Waals surface area contributed by atoms with Crippen molar-refractivity contribution in [2.45, 2.75) is 62.8 Å². The van der Waals surface area contributed by atoms with Gasteiger partial charge in [0.25, 0.3) is 0 Å². The summed E-state index contributed by atoms with van der Waals surface area (Å²) in [5, 5.41) is 9.69. The molecule has 1 atom stereocenters. The number of carboxylic acids is 1. The Kier molecular flexibility index (Phi) is 8.48. The molecule has 1 heterocycles. The van der Waals surface area contributed by atoms with Crippen molar-refractivity contribution in [2.24, 2.45) is 10.3 Å². The number of halogens is 3. The Balaban J connectivity index is 1.37. The summed E-state index contributed by atoms with van der Waals surface area (Å²) >= 11 is 3.04. The molecule has 1 aliphatic heterocycles. The number of aryl methyl sites for hydroxylation is 1. The molecule has 1 fully saturated rings. The van der Waals surface area contributed by atoms with Crippen LogP contribution < -0.4 is 9.47 Å². The number of ether oxygens (including phenoxy) is 2. The summed E-state index contributed by atoms with van der Waals surface area (Å²) < 4.78 is 52.0. The fourth-order valence-electron chi connectivity index (χ4n) is 4.40. The highest BCUT2D eigenvalue weighted by Gasteiger charge is 2.44. The molecule has 1 N–H and O–H groups in total. The second kappa shape index (κ2) is 11.4. The fourth-order valence-corrected chi connectivity index (χ4v) is 6.31. The number of alkyl halides is 3. The topological polar surface area (TPSA) is 68.1 Å². The summed E-state index contributed by atoms with van der Waals surface area (Å²) in [7, 11) is 0. The van der Waals surface area contributed by atoms with Crippen molar-refractivity contribution in [1.82, 2.24) is 0 Å². The van der Waals surface area contributed by atoms with Crippen LogP contribution in [0.1, 0.15) is 50.2 Å². The lowest BCUT2D eigenvalue weighted by molar-refractivity contribution is -0.274. The minimum Gasteiger partial charge on any atom is -0.478 e. The van der Waals surface area contributed by atoms with Crippen LogP contribution in [0.15, 0.2) is 62.7 Å². The van der Waals surface area contributed by atoms with E-state index >= 15 is 0 Å². The minimum atomic E-state index is -4.72. The molecular formula is C27H28F3NO4S2. The first kappa shape index (κ1) is 27.4. The zero-order valence-electron chi connectivity index (χ0n) is 20.5. The van der Waals surface area contributed by atoms with E-state index in [4.69, 9.17) is 9.13 Å². The molecule has 1 unspecified atom stereocenters. The Morgan fingerprint density at radius 3 is 2.51 bits per heavy atom. The maximum absolute atomic E-state index is 12.4. The maximum Gasteiger partial charge on any atom is 0.573 e. The van der Waals surface area contributed by atoms with E-state index in [0.29, 0.717) is 24.3 Å². The van der Waals surface area contributed by atoms with Gasteiger partial charge in [-0.2, -0.15) is 0 Å². The molecule has 0 amide bonds. The smallest absolute Gasteiger partial charge is 0.478 e. The second-order valence-electron chi connectivity index (χ2n) is 9.27. The number of rotatable bonds is 8. The zero-order chi connectivity index (χ0) is 26.6. The molecule has 5 nitrogen and oxygen atoms in total. The van der Waals surface area contributed by atoms with Gasteiger partial charge in [-0.25, -0.2) is 9.19 Å². The molecule has 4 rings (SSSR count). The lowest BCUT2D eigenvalue weighted by Gasteiger charge is -2.26. The van der Waals surface area contributed by atoms with E-state index in [0.717, 1.165) is 45.9 Å². The summed E-state index contributed by atoms with van der Waals surface area (Å²) in [5.74, 6) is 0.270. The monoisotopic (exact) mass is 551 g/mol. The number of allylic oxidation sites excluding steroid dienone is 1. The van der Waals surface area contributed by atoms with E-state index in [1.54, 1.807) is 23.9 Å². The van der Waals surface area contributed by atoms with Crippen LogP contribution in [0.4, 0.5) is 13.2 Å². The van der Waals surface area contributed by atoms with Crippen LogP contribution in [0.25, 0.3) is 0 Å². The molecule has 37 heavy (non-hydrogen) atoms. The molecule has 198 valence electrons. The van der Waals surface area contributed by atoms with Gasteiger partial charge in [0.15, 0.2) is 0 Å². The minimum absolute atomic E-state index is 0.111. The summed E-state index contributed by atoms with van der Waals surface area (Å²) in [5.41, 5.74) is 1.37. The number of aliphatic carboxylic acids is 1. The van der Waals surface area contributed by atoms with Gasteiger partial charge in [-0.15, -0.1) is 24.9 Å². The van der Waals surface area contributed by atoms with Crippen LogP contribution >= 0.6 is 23.7 Å². The zero-order valence-corrected chi connectivity index (χ0v) is 22.1. The van der Waals surface area contributed by atoms with Crippen molar-refractivity contribution in [1.29, 1.82) is 0 Å². The van der Waals surface area contributed by atoms with Crippen LogP contribution in [0.2, 0.25) is 0 Å². The average molecular weight is 552 g/mol. The van der Waals surface area contributed by atoms with Gasteiger partial charge in [0.2, 0.25) is 5.60 Å². The van der Waals surface area contributed by atoms with Gasteiger partial charge in [0.05, 0.1) is 5.71 Å². The van der Waals surface area contributed by atoms with Crippen LogP contribution in [-0.4, -0.2) is 34.5 Å². The van der Waals surface area contributed by atoms with Gasteiger partial charge < -0.3 is 14.6 Å². The van der Waals surface area contributed by atoms with Gasteiger partial charge in [0.1, 0.15) is 11.5 Å². The van der Waals surface area contributed by atoms with Gasteiger partial charge in [-0.05, 0) is 92.6 Å². The number of carboxylic acid groups (broad SMARTS) is 1. The highest BCUT2D eigenvalue weighted by atomic mass is 32.2. The number of nitrogens with zero attached hydrogens (tertiary/aromatic N) is 1. The van der Waals surface area contributed by atoms with E-state index < -0.39 is 17.9 Å². The maximum atomic E-state index is 12.4. The molecule has 2 aliphatic rings. The molecule has 0 spiro atoms. The van der Waals surface area contributed by atoms with Gasteiger partial charge in [-0.3, -0.25) is 0 Å². The van der Waals surface area contributed by atoms with Crippen molar-refractivity contribution >= 4 is 35.4 Å². The van der Waals surface area contributed by atoms with Crippen LogP contribution in [0.3, 0.4) is 0 Å². The Morgan fingerprint density at radius 2 is 1.89 bits per heavy atom. The lowest BCUT2D eigenvalue weighted by Crippen LogP contribution is -2.41. The highest BCUT2D eigenvalue weighted by molar-refractivity contribution is 8.05. The number of hydrogen-bond acceptors (Lipinski definition) is 6. The molecule has 0 radical (unpaired) electrons. The molecule has 0 aromatic heterocycles.